The van der Waals surface area contributed by atoms with Gasteiger partial charge >= 0.3 is 6.03 Å². The van der Waals surface area contributed by atoms with Gasteiger partial charge in [0.25, 0.3) is 0 Å². The Balaban J connectivity index is 1.66. The monoisotopic (exact) mass is 323 g/mol. The summed E-state index contributed by atoms with van der Waals surface area (Å²) in [5, 5.41) is 6.54. The summed E-state index contributed by atoms with van der Waals surface area (Å²) in [6.07, 6.45) is 2.50. The number of nitrogens with one attached hydrogen (secondary N) is 2. The topological polar surface area (TPSA) is 61.4 Å². The normalized spacial score (nSPS) is 17.4. The Morgan fingerprint density at radius 1 is 1.36 bits per heavy atom. The van der Waals surface area contributed by atoms with Crippen LogP contribution >= 0.6 is 11.6 Å². The van der Waals surface area contributed by atoms with Crippen LogP contribution in [0.5, 0.6) is 0 Å². The van der Waals surface area contributed by atoms with E-state index in [0.29, 0.717) is 19.6 Å². The van der Waals surface area contributed by atoms with Gasteiger partial charge in [-0.05, 0) is 30.9 Å². The average molecular weight is 324 g/mol. The first-order valence-corrected chi connectivity index (χ1v) is 7.97. The van der Waals surface area contributed by atoms with Crippen molar-refractivity contribution in [3.05, 3.63) is 34.9 Å². The predicted octanol–water partition coefficient (Wildman–Crippen LogP) is 2.19. The number of likely N-dealkylation sites (tertiary alicyclic amines) is 1. The highest BCUT2D eigenvalue weighted by molar-refractivity contribution is 6.31. The first kappa shape index (κ1) is 16.6. The van der Waals surface area contributed by atoms with Crippen LogP contribution in [0.2, 0.25) is 5.02 Å². The number of halogens is 1. The number of carbonyl (C=O) groups is 2. The molecule has 1 aromatic rings. The lowest BCUT2D eigenvalue weighted by atomic mass is 10.1. The predicted molar refractivity (Wildman–Crippen MR) is 87.0 cm³/mol. The maximum atomic E-state index is 12.0. The van der Waals surface area contributed by atoms with Gasteiger partial charge in [0, 0.05) is 37.6 Å². The number of rotatable bonds is 5. The number of carbonyl (C=O) groups excluding carboxylic acids is 2. The number of hydrogen-bond acceptors (Lipinski definition) is 2. The molecule has 120 valence electrons. The van der Waals surface area contributed by atoms with Gasteiger partial charge in [-0.15, -0.1) is 0 Å². The van der Waals surface area contributed by atoms with Gasteiger partial charge in [-0.3, -0.25) is 4.79 Å². The molecule has 0 radical (unpaired) electrons. The molecule has 2 rings (SSSR count). The van der Waals surface area contributed by atoms with E-state index >= 15 is 0 Å². The van der Waals surface area contributed by atoms with Crippen molar-refractivity contribution in [2.75, 3.05) is 19.6 Å². The molecule has 5 nitrogen and oxygen atoms in total. The molecule has 1 saturated heterocycles. The summed E-state index contributed by atoms with van der Waals surface area (Å²) in [5.41, 5.74) is 1.10. The maximum Gasteiger partial charge on any atom is 0.317 e. The SMILES string of the molecule is CC(=O)NC1CCN(C(=O)NCCCc2ccccc2Cl)C1. The van der Waals surface area contributed by atoms with E-state index in [1.807, 2.05) is 24.3 Å². The van der Waals surface area contributed by atoms with Gasteiger partial charge in [0.05, 0.1) is 0 Å². The van der Waals surface area contributed by atoms with Gasteiger partial charge in [0.15, 0.2) is 0 Å². The molecule has 6 heteroatoms. The summed E-state index contributed by atoms with van der Waals surface area (Å²) in [7, 11) is 0. The fourth-order valence-electron chi connectivity index (χ4n) is 2.64. The molecule has 1 aliphatic rings. The lowest BCUT2D eigenvalue weighted by Crippen LogP contribution is -2.42. The summed E-state index contributed by atoms with van der Waals surface area (Å²) in [6.45, 7) is 3.38. The van der Waals surface area contributed by atoms with Crippen molar-refractivity contribution in [2.45, 2.75) is 32.2 Å². The van der Waals surface area contributed by atoms with Crippen molar-refractivity contribution < 1.29 is 9.59 Å². The summed E-state index contributed by atoms with van der Waals surface area (Å²) < 4.78 is 0. The maximum absolute atomic E-state index is 12.0. The minimum Gasteiger partial charge on any atom is -0.352 e. The third kappa shape index (κ3) is 4.91. The van der Waals surface area contributed by atoms with E-state index in [2.05, 4.69) is 10.6 Å². The fraction of sp³-hybridized carbons (Fsp3) is 0.500. The van der Waals surface area contributed by atoms with Crippen LogP contribution in [0.15, 0.2) is 24.3 Å². The Kier molecular flexibility index (Phi) is 6.07. The molecule has 22 heavy (non-hydrogen) atoms. The zero-order chi connectivity index (χ0) is 15.9. The quantitative estimate of drug-likeness (QED) is 0.816. The highest BCUT2D eigenvalue weighted by Gasteiger charge is 2.26. The smallest absolute Gasteiger partial charge is 0.317 e. The van der Waals surface area contributed by atoms with Crippen molar-refractivity contribution in [2.24, 2.45) is 0 Å². The second-order valence-corrected chi connectivity index (χ2v) is 5.97. The first-order chi connectivity index (χ1) is 10.6. The number of benzene rings is 1. The number of urea groups is 1. The Bertz CT molecular complexity index is 536. The van der Waals surface area contributed by atoms with Gasteiger partial charge in [-0.1, -0.05) is 29.8 Å². The van der Waals surface area contributed by atoms with E-state index in [0.717, 1.165) is 29.8 Å². The van der Waals surface area contributed by atoms with Crippen LogP contribution < -0.4 is 10.6 Å². The standard InChI is InChI=1S/C16H22ClN3O2/c1-12(21)19-14-8-10-20(11-14)16(22)18-9-4-6-13-5-2-3-7-15(13)17/h2-3,5,7,14H,4,6,8-11H2,1H3,(H,18,22)(H,19,21). The minimum absolute atomic E-state index is 0.0491. The molecule has 0 spiro atoms. The molecule has 1 unspecified atom stereocenters. The van der Waals surface area contributed by atoms with Crippen molar-refractivity contribution >= 4 is 23.5 Å². The summed E-state index contributed by atoms with van der Waals surface area (Å²) >= 11 is 6.10. The van der Waals surface area contributed by atoms with Crippen LogP contribution in [0.1, 0.15) is 25.3 Å². The Morgan fingerprint density at radius 2 is 2.14 bits per heavy atom. The molecule has 1 aromatic carbocycles. The molecule has 3 amide bonds. The molecule has 1 aliphatic heterocycles. The van der Waals surface area contributed by atoms with Crippen LogP contribution in [0, 0.1) is 0 Å². The highest BCUT2D eigenvalue weighted by Crippen LogP contribution is 2.16. The minimum atomic E-state index is -0.0630. The first-order valence-electron chi connectivity index (χ1n) is 7.59. The molecule has 2 N–H and O–H groups in total. The average Bonchev–Trinajstić information content (AvgIpc) is 2.93. The van der Waals surface area contributed by atoms with E-state index in [1.165, 1.54) is 6.92 Å². The van der Waals surface area contributed by atoms with E-state index < -0.39 is 0 Å². The Hall–Kier alpha value is -1.75. The molecular weight excluding hydrogens is 302 g/mol. The zero-order valence-corrected chi connectivity index (χ0v) is 13.5. The van der Waals surface area contributed by atoms with Crippen molar-refractivity contribution in [3.63, 3.8) is 0 Å². The molecule has 0 bridgehead atoms. The molecule has 0 saturated carbocycles. The highest BCUT2D eigenvalue weighted by atomic mass is 35.5. The lowest BCUT2D eigenvalue weighted by molar-refractivity contribution is -0.119. The molecule has 0 aromatic heterocycles. The fourth-order valence-corrected chi connectivity index (χ4v) is 2.87. The summed E-state index contributed by atoms with van der Waals surface area (Å²) in [4.78, 5) is 24.8. The van der Waals surface area contributed by atoms with E-state index in [-0.39, 0.29) is 18.0 Å². The summed E-state index contributed by atoms with van der Waals surface area (Å²) in [5.74, 6) is -0.0491. The number of aryl methyl sites for hydroxylation is 1. The Morgan fingerprint density at radius 3 is 2.86 bits per heavy atom. The molecular formula is C16H22ClN3O2. The third-order valence-electron chi connectivity index (χ3n) is 3.74. The lowest BCUT2D eigenvalue weighted by Gasteiger charge is -2.17. The number of hydrogen-bond donors (Lipinski definition) is 2. The van der Waals surface area contributed by atoms with Crippen LogP contribution in [0.3, 0.4) is 0 Å². The van der Waals surface area contributed by atoms with Gasteiger partial charge in [-0.25, -0.2) is 4.79 Å². The van der Waals surface area contributed by atoms with Crippen LogP contribution in [0.25, 0.3) is 0 Å². The Labute approximate surface area is 136 Å². The second kappa shape index (κ2) is 8.03. The van der Waals surface area contributed by atoms with Crippen LogP contribution in [-0.2, 0) is 11.2 Å². The van der Waals surface area contributed by atoms with Gasteiger partial charge in [0.2, 0.25) is 5.91 Å². The number of nitrogens with zero attached hydrogens (tertiary/aromatic N) is 1. The van der Waals surface area contributed by atoms with Crippen LogP contribution in [-0.4, -0.2) is 42.5 Å². The molecule has 0 aliphatic carbocycles. The molecule has 1 fully saturated rings. The van der Waals surface area contributed by atoms with E-state index in [9.17, 15) is 9.59 Å². The second-order valence-electron chi connectivity index (χ2n) is 5.56. The van der Waals surface area contributed by atoms with Crippen molar-refractivity contribution in [1.29, 1.82) is 0 Å². The van der Waals surface area contributed by atoms with E-state index in [4.69, 9.17) is 11.6 Å². The van der Waals surface area contributed by atoms with Crippen LogP contribution in [0.4, 0.5) is 4.79 Å². The molecule has 1 heterocycles. The number of amides is 3. The van der Waals surface area contributed by atoms with E-state index in [1.54, 1.807) is 4.90 Å². The zero-order valence-electron chi connectivity index (χ0n) is 12.8. The molecule has 1 atom stereocenters. The summed E-state index contributed by atoms with van der Waals surface area (Å²) in [6, 6.07) is 7.77. The largest absolute Gasteiger partial charge is 0.352 e. The van der Waals surface area contributed by atoms with Gasteiger partial charge < -0.3 is 15.5 Å². The van der Waals surface area contributed by atoms with Gasteiger partial charge in [-0.2, -0.15) is 0 Å². The van der Waals surface area contributed by atoms with Gasteiger partial charge in [0.1, 0.15) is 0 Å². The van der Waals surface area contributed by atoms with Crippen molar-refractivity contribution in [3.8, 4) is 0 Å². The third-order valence-corrected chi connectivity index (χ3v) is 4.11. The van der Waals surface area contributed by atoms with Crippen molar-refractivity contribution in [1.82, 2.24) is 15.5 Å².